The summed E-state index contributed by atoms with van der Waals surface area (Å²) in [6, 6.07) is 7.58. The Hall–Kier alpha value is -2.41. The van der Waals surface area contributed by atoms with Crippen molar-refractivity contribution in [2.24, 2.45) is 5.92 Å². The first-order chi connectivity index (χ1) is 11.7. The number of nitrogens with one attached hydrogen (secondary N) is 1. The lowest BCUT2D eigenvalue weighted by molar-refractivity contribution is 0.00773. The van der Waals surface area contributed by atoms with Crippen molar-refractivity contribution in [1.29, 1.82) is 0 Å². The van der Waals surface area contributed by atoms with Gasteiger partial charge in [0.25, 0.3) is 0 Å². The van der Waals surface area contributed by atoms with Crippen LogP contribution in [0.25, 0.3) is 11.4 Å². The zero-order valence-corrected chi connectivity index (χ0v) is 13.6. The third kappa shape index (κ3) is 2.99. The normalized spacial score (nSPS) is 20.9. The van der Waals surface area contributed by atoms with E-state index in [0.717, 1.165) is 5.56 Å². The van der Waals surface area contributed by atoms with E-state index >= 15 is 0 Å². The lowest BCUT2D eigenvalue weighted by Gasteiger charge is -2.35. The molecule has 1 aliphatic carbocycles. The molecule has 1 aromatic carbocycles. The fraction of sp³-hybridized carbons (Fsp3) is 0.471. The van der Waals surface area contributed by atoms with Crippen LogP contribution in [0.1, 0.15) is 18.7 Å². The fourth-order valence-electron chi connectivity index (χ4n) is 3.13. The molecule has 1 atom stereocenters. The van der Waals surface area contributed by atoms with E-state index in [-0.39, 0.29) is 12.1 Å². The summed E-state index contributed by atoms with van der Waals surface area (Å²) >= 11 is 0. The van der Waals surface area contributed by atoms with Crippen molar-refractivity contribution in [3.8, 4) is 11.4 Å². The summed E-state index contributed by atoms with van der Waals surface area (Å²) in [5.41, 5.74) is 1.43. The van der Waals surface area contributed by atoms with Gasteiger partial charge in [0.2, 0.25) is 11.7 Å². The third-order valence-corrected chi connectivity index (χ3v) is 4.53. The van der Waals surface area contributed by atoms with Gasteiger partial charge < -0.3 is 19.5 Å². The molecule has 1 saturated heterocycles. The highest BCUT2D eigenvalue weighted by Crippen LogP contribution is 2.37. The maximum absolute atomic E-state index is 12.8. The smallest absolute Gasteiger partial charge is 0.322 e. The Bertz CT molecular complexity index is 741. The molecular formula is C17H20N4O3. The van der Waals surface area contributed by atoms with Crippen molar-refractivity contribution in [3.05, 3.63) is 30.2 Å². The summed E-state index contributed by atoms with van der Waals surface area (Å²) in [6.45, 7) is 3.58. The van der Waals surface area contributed by atoms with Crippen LogP contribution >= 0.6 is 0 Å². The van der Waals surface area contributed by atoms with Gasteiger partial charge in [-0.3, -0.25) is 0 Å². The minimum absolute atomic E-state index is 0.0946. The number of ether oxygens (including phenoxy) is 1. The van der Waals surface area contributed by atoms with Crippen LogP contribution in [0.2, 0.25) is 0 Å². The Labute approximate surface area is 140 Å². The molecule has 0 unspecified atom stereocenters. The SMILES string of the molecule is Cc1nc(-c2ccccc2NC(=O)N2CCOC[C@@H]2C2CC2)no1. The van der Waals surface area contributed by atoms with Gasteiger partial charge in [-0.05, 0) is 30.9 Å². The van der Waals surface area contributed by atoms with Crippen LogP contribution in [0.5, 0.6) is 0 Å². The largest absolute Gasteiger partial charge is 0.377 e. The second-order valence-corrected chi connectivity index (χ2v) is 6.29. The molecule has 24 heavy (non-hydrogen) atoms. The maximum Gasteiger partial charge on any atom is 0.322 e. The number of hydrogen-bond donors (Lipinski definition) is 1. The number of benzene rings is 1. The molecule has 0 radical (unpaired) electrons. The summed E-state index contributed by atoms with van der Waals surface area (Å²) in [7, 11) is 0. The Kier molecular flexibility index (Phi) is 3.93. The van der Waals surface area contributed by atoms with E-state index in [0.29, 0.717) is 43.1 Å². The van der Waals surface area contributed by atoms with Crippen molar-refractivity contribution in [2.75, 3.05) is 25.1 Å². The Balaban J connectivity index is 1.55. The average Bonchev–Trinajstić information content (AvgIpc) is 3.36. The van der Waals surface area contributed by atoms with E-state index in [2.05, 4.69) is 15.5 Å². The maximum atomic E-state index is 12.8. The van der Waals surface area contributed by atoms with Gasteiger partial charge in [-0.1, -0.05) is 17.3 Å². The van der Waals surface area contributed by atoms with Crippen LogP contribution in [0.3, 0.4) is 0 Å². The number of rotatable bonds is 3. The van der Waals surface area contributed by atoms with Crippen molar-refractivity contribution >= 4 is 11.7 Å². The molecule has 7 heteroatoms. The molecule has 126 valence electrons. The van der Waals surface area contributed by atoms with Crippen LogP contribution in [0.4, 0.5) is 10.5 Å². The number of urea groups is 1. The molecule has 2 amide bonds. The predicted molar refractivity (Wildman–Crippen MR) is 87.5 cm³/mol. The van der Waals surface area contributed by atoms with Crippen LogP contribution in [0, 0.1) is 12.8 Å². The topological polar surface area (TPSA) is 80.5 Å². The molecule has 1 N–H and O–H groups in total. The van der Waals surface area contributed by atoms with E-state index in [9.17, 15) is 4.79 Å². The summed E-state index contributed by atoms with van der Waals surface area (Å²) in [5, 5.41) is 6.96. The molecule has 2 aliphatic rings. The molecule has 1 aromatic heterocycles. The van der Waals surface area contributed by atoms with Crippen molar-refractivity contribution < 1.29 is 14.1 Å². The summed E-state index contributed by atoms with van der Waals surface area (Å²) in [4.78, 5) is 18.9. The number of nitrogens with zero attached hydrogens (tertiary/aromatic N) is 3. The number of anilines is 1. The van der Waals surface area contributed by atoms with E-state index < -0.39 is 0 Å². The fourth-order valence-corrected chi connectivity index (χ4v) is 3.13. The van der Waals surface area contributed by atoms with Crippen molar-refractivity contribution in [1.82, 2.24) is 15.0 Å². The van der Waals surface area contributed by atoms with Crippen molar-refractivity contribution in [3.63, 3.8) is 0 Å². The Morgan fingerprint density at radius 3 is 2.92 bits per heavy atom. The highest BCUT2D eigenvalue weighted by atomic mass is 16.5. The number of carbonyl (C=O) groups is 1. The summed E-state index contributed by atoms with van der Waals surface area (Å²) < 4.78 is 10.6. The van der Waals surface area contributed by atoms with Gasteiger partial charge in [0, 0.05) is 19.0 Å². The average molecular weight is 328 g/mol. The van der Waals surface area contributed by atoms with Gasteiger partial charge in [-0.25, -0.2) is 4.79 Å². The lowest BCUT2D eigenvalue weighted by Crippen LogP contribution is -2.51. The molecule has 0 bridgehead atoms. The summed E-state index contributed by atoms with van der Waals surface area (Å²) in [5.74, 6) is 1.54. The second-order valence-electron chi connectivity index (χ2n) is 6.29. The van der Waals surface area contributed by atoms with Crippen LogP contribution < -0.4 is 5.32 Å². The van der Waals surface area contributed by atoms with E-state index in [1.807, 2.05) is 29.2 Å². The zero-order valence-electron chi connectivity index (χ0n) is 13.6. The quantitative estimate of drug-likeness (QED) is 0.937. The van der Waals surface area contributed by atoms with Gasteiger partial charge in [0.05, 0.1) is 24.9 Å². The third-order valence-electron chi connectivity index (χ3n) is 4.53. The number of aryl methyl sites for hydroxylation is 1. The number of hydrogen-bond acceptors (Lipinski definition) is 5. The number of aromatic nitrogens is 2. The number of para-hydroxylation sites is 1. The monoisotopic (exact) mass is 328 g/mol. The predicted octanol–water partition coefficient (Wildman–Crippen LogP) is 2.69. The van der Waals surface area contributed by atoms with Gasteiger partial charge in [-0.15, -0.1) is 0 Å². The molecule has 2 heterocycles. The lowest BCUT2D eigenvalue weighted by atomic mass is 10.1. The van der Waals surface area contributed by atoms with Gasteiger partial charge in [-0.2, -0.15) is 4.98 Å². The van der Waals surface area contributed by atoms with E-state index in [1.165, 1.54) is 12.8 Å². The second kappa shape index (κ2) is 6.24. The number of carbonyl (C=O) groups excluding carboxylic acids is 1. The minimum atomic E-state index is -0.0946. The van der Waals surface area contributed by atoms with E-state index in [1.54, 1.807) is 6.92 Å². The zero-order chi connectivity index (χ0) is 16.5. The highest BCUT2D eigenvalue weighted by molar-refractivity contribution is 5.93. The van der Waals surface area contributed by atoms with Crippen LogP contribution in [0.15, 0.2) is 28.8 Å². The summed E-state index contributed by atoms with van der Waals surface area (Å²) in [6.07, 6.45) is 2.35. The van der Waals surface area contributed by atoms with E-state index in [4.69, 9.17) is 9.26 Å². The first-order valence-corrected chi connectivity index (χ1v) is 8.27. The number of amides is 2. The first-order valence-electron chi connectivity index (χ1n) is 8.27. The van der Waals surface area contributed by atoms with Crippen molar-refractivity contribution in [2.45, 2.75) is 25.8 Å². The van der Waals surface area contributed by atoms with Crippen LogP contribution in [-0.2, 0) is 4.74 Å². The van der Waals surface area contributed by atoms with Gasteiger partial charge in [0.1, 0.15) is 0 Å². The van der Waals surface area contributed by atoms with Crippen LogP contribution in [-0.4, -0.2) is 46.9 Å². The standard InChI is InChI=1S/C17H20N4O3/c1-11-18-16(20-24-11)13-4-2-3-5-14(13)19-17(22)21-8-9-23-10-15(21)12-6-7-12/h2-5,12,15H,6-10H2,1H3,(H,19,22)/t15-/m1/s1. The highest BCUT2D eigenvalue weighted by Gasteiger charge is 2.39. The first kappa shape index (κ1) is 15.1. The molecule has 1 aliphatic heterocycles. The minimum Gasteiger partial charge on any atom is -0.377 e. The molecule has 7 nitrogen and oxygen atoms in total. The molecule has 1 saturated carbocycles. The Morgan fingerprint density at radius 2 is 2.17 bits per heavy atom. The van der Waals surface area contributed by atoms with Gasteiger partial charge in [0.15, 0.2) is 0 Å². The Morgan fingerprint density at radius 1 is 1.33 bits per heavy atom. The molecule has 2 aromatic rings. The molecule has 0 spiro atoms. The molecule has 2 fully saturated rings. The molecular weight excluding hydrogens is 308 g/mol. The number of morpholine rings is 1. The van der Waals surface area contributed by atoms with Gasteiger partial charge >= 0.3 is 6.03 Å². The molecule has 4 rings (SSSR count).